The van der Waals surface area contributed by atoms with Gasteiger partial charge in [0.1, 0.15) is 0 Å². The molecule has 2 heterocycles. The van der Waals surface area contributed by atoms with Crippen LogP contribution >= 0.6 is 27.3 Å². The molecule has 1 N–H and O–H groups in total. The summed E-state index contributed by atoms with van der Waals surface area (Å²) in [5.41, 5.74) is 0.476. The zero-order valence-corrected chi connectivity index (χ0v) is 10.3. The van der Waals surface area contributed by atoms with Crippen LogP contribution in [0, 0.1) is 5.41 Å². The van der Waals surface area contributed by atoms with E-state index in [9.17, 15) is 0 Å². The van der Waals surface area contributed by atoms with Crippen LogP contribution in [0.2, 0.25) is 0 Å². The summed E-state index contributed by atoms with van der Waals surface area (Å²) in [6, 6.07) is 4.93. The van der Waals surface area contributed by atoms with Crippen molar-refractivity contribution in [3.63, 3.8) is 0 Å². The number of rotatable bonds is 2. The molecule has 0 saturated carbocycles. The highest BCUT2D eigenvalue weighted by molar-refractivity contribution is 9.11. The van der Waals surface area contributed by atoms with Gasteiger partial charge in [0.25, 0.3) is 0 Å². The summed E-state index contributed by atoms with van der Waals surface area (Å²) in [5.74, 6) is 0. The lowest BCUT2D eigenvalue weighted by atomic mass is 9.72. The number of thiophene rings is 1. The Morgan fingerprint density at radius 3 is 2.85 bits per heavy atom. The molecule has 2 rings (SSSR count). The Balaban J connectivity index is 2.19. The Morgan fingerprint density at radius 2 is 2.46 bits per heavy atom. The van der Waals surface area contributed by atoms with Crippen molar-refractivity contribution in [2.75, 3.05) is 6.54 Å². The third kappa shape index (κ3) is 1.58. The van der Waals surface area contributed by atoms with Crippen molar-refractivity contribution in [1.82, 2.24) is 5.32 Å². The molecule has 0 aromatic carbocycles. The molecule has 1 nitrogen and oxygen atoms in total. The molecular formula is C10H14BrNS. The van der Waals surface area contributed by atoms with Gasteiger partial charge in [-0.25, -0.2) is 0 Å². The lowest BCUT2D eigenvalue weighted by molar-refractivity contribution is 0.102. The van der Waals surface area contributed by atoms with Gasteiger partial charge in [0.15, 0.2) is 0 Å². The molecule has 1 fully saturated rings. The first-order valence-electron chi connectivity index (χ1n) is 4.64. The smallest absolute Gasteiger partial charge is 0.0701 e. The van der Waals surface area contributed by atoms with Gasteiger partial charge in [-0.05, 0) is 34.5 Å². The fraction of sp³-hybridized carbons (Fsp3) is 0.600. The third-order valence-corrected chi connectivity index (χ3v) is 4.78. The van der Waals surface area contributed by atoms with Crippen molar-refractivity contribution >= 4 is 27.3 Å². The molecule has 72 valence electrons. The summed E-state index contributed by atoms with van der Waals surface area (Å²) >= 11 is 5.35. The predicted molar refractivity (Wildman–Crippen MR) is 61.2 cm³/mol. The minimum Gasteiger partial charge on any atom is -0.308 e. The molecule has 0 amide bonds. The maximum absolute atomic E-state index is 3.51. The standard InChI is InChI=1S/C10H14BrNS/c1-3-10(2)6-12-9(10)7-4-5-8(11)13-7/h4-5,9,12H,3,6H2,1-2H3. The first-order valence-corrected chi connectivity index (χ1v) is 6.25. The maximum Gasteiger partial charge on any atom is 0.0701 e. The molecule has 1 aromatic rings. The average Bonchev–Trinajstić information content (AvgIpc) is 2.48. The van der Waals surface area contributed by atoms with Crippen LogP contribution in [0.4, 0.5) is 0 Å². The quantitative estimate of drug-likeness (QED) is 0.857. The average molecular weight is 260 g/mol. The van der Waals surface area contributed by atoms with Crippen molar-refractivity contribution in [3.8, 4) is 0 Å². The summed E-state index contributed by atoms with van der Waals surface area (Å²) in [4.78, 5) is 1.46. The molecular weight excluding hydrogens is 246 g/mol. The highest BCUT2D eigenvalue weighted by Gasteiger charge is 2.42. The molecule has 3 heteroatoms. The van der Waals surface area contributed by atoms with E-state index < -0.39 is 0 Å². The van der Waals surface area contributed by atoms with Gasteiger partial charge in [-0.3, -0.25) is 0 Å². The zero-order valence-electron chi connectivity index (χ0n) is 7.93. The van der Waals surface area contributed by atoms with Crippen molar-refractivity contribution in [1.29, 1.82) is 0 Å². The SMILES string of the molecule is CCC1(C)CNC1c1ccc(Br)s1. The lowest BCUT2D eigenvalue weighted by Crippen LogP contribution is -2.53. The van der Waals surface area contributed by atoms with Gasteiger partial charge < -0.3 is 5.32 Å². The highest BCUT2D eigenvalue weighted by atomic mass is 79.9. The van der Waals surface area contributed by atoms with Crippen molar-refractivity contribution < 1.29 is 0 Å². The number of nitrogens with one attached hydrogen (secondary N) is 1. The van der Waals surface area contributed by atoms with Crippen LogP contribution < -0.4 is 5.32 Å². The van der Waals surface area contributed by atoms with E-state index in [0.717, 1.165) is 6.54 Å². The normalized spacial score (nSPS) is 33.0. The monoisotopic (exact) mass is 259 g/mol. The van der Waals surface area contributed by atoms with Crippen molar-refractivity contribution in [2.45, 2.75) is 26.3 Å². The Bertz CT molecular complexity index is 306. The molecule has 0 aliphatic carbocycles. The fourth-order valence-corrected chi connectivity index (χ4v) is 3.49. The molecule has 0 bridgehead atoms. The summed E-state index contributed by atoms with van der Waals surface area (Å²) in [5, 5.41) is 3.51. The molecule has 2 atom stereocenters. The number of hydrogen-bond donors (Lipinski definition) is 1. The molecule has 1 aliphatic rings. The summed E-state index contributed by atoms with van der Waals surface area (Å²) in [7, 11) is 0. The van der Waals surface area contributed by atoms with E-state index in [-0.39, 0.29) is 0 Å². The molecule has 1 aliphatic heterocycles. The Labute approximate surface area is 91.7 Å². The molecule has 1 saturated heterocycles. The van der Waals surface area contributed by atoms with Gasteiger partial charge in [-0.1, -0.05) is 13.8 Å². The van der Waals surface area contributed by atoms with Gasteiger partial charge in [0.05, 0.1) is 3.79 Å². The van der Waals surface area contributed by atoms with Crippen LogP contribution in [-0.4, -0.2) is 6.54 Å². The Hall–Kier alpha value is 0.140. The van der Waals surface area contributed by atoms with E-state index >= 15 is 0 Å². The van der Waals surface area contributed by atoms with Gasteiger partial charge in [0, 0.05) is 22.9 Å². The minimum atomic E-state index is 0.476. The second-order valence-corrected chi connectivity index (χ2v) is 6.46. The first-order chi connectivity index (χ1) is 6.15. The second-order valence-electron chi connectivity index (χ2n) is 3.96. The first kappa shape index (κ1) is 9.69. The molecule has 13 heavy (non-hydrogen) atoms. The molecule has 2 unspecified atom stereocenters. The molecule has 1 aromatic heterocycles. The van der Waals surface area contributed by atoms with Crippen LogP contribution in [0.3, 0.4) is 0 Å². The van der Waals surface area contributed by atoms with Gasteiger partial charge in [0.2, 0.25) is 0 Å². The summed E-state index contributed by atoms with van der Waals surface area (Å²) in [6.07, 6.45) is 1.25. The zero-order chi connectivity index (χ0) is 9.47. The van der Waals surface area contributed by atoms with Crippen LogP contribution in [0.1, 0.15) is 31.2 Å². The van der Waals surface area contributed by atoms with Crippen LogP contribution in [0.15, 0.2) is 15.9 Å². The van der Waals surface area contributed by atoms with Gasteiger partial charge >= 0.3 is 0 Å². The number of hydrogen-bond acceptors (Lipinski definition) is 2. The number of halogens is 1. The van der Waals surface area contributed by atoms with E-state index in [1.165, 1.54) is 15.1 Å². The van der Waals surface area contributed by atoms with E-state index in [0.29, 0.717) is 11.5 Å². The predicted octanol–water partition coefficient (Wildman–Crippen LogP) is 3.57. The highest BCUT2D eigenvalue weighted by Crippen LogP contribution is 2.45. The van der Waals surface area contributed by atoms with E-state index in [1.54, 1.807) is 0 Å². The van der Waals surface area contributed by atoms with Crippen LogP contribution in [0.5, 0.6) is 0 Å². The Kier molecular flexibility index (Phi) is 2.51. The summed E-state index contributed by atoms with van der Waals surface area (Å²) < 4.78 is 1.23. The minimum absolute atomic E-state index is 0.476. The summed E-state index contributed by atoms with van der Waals surface area (Å²) in [6.45, 7) is 5.79. The largest absolute Gasteiger partial charge is 0.308 e. The lowest BCUT2D eigenvalue weighted by Gasteiger charge is -2.47. The van der Waals surface area contributed by atoms with E-state index in [4.69, 9.17) is 0 Å². The van der Waals surface area contributed by atoms with Gasteiger partial charge in [-0.15, -0.1) is 11.3 Å². The van der Waals surface area contributed by atoms with E-state index in [1.807, 2.05) is 11.3 Å². The van der Waals surface area contributed by atoms with E-state index in [2.05, 4.69) is 47.2 Å². The third-order valence-electron chi connectivity index (χ3n) is 3.09. The Morgan fingerprint density at radius 1 is 1.69 bits per heavy atom. The van der Waals surface area contributed by atoms with Crippen LogP contribution in [0.25, 0.3) is 0 Å². The van der Waals surface area contributed by atoms with Gasteiger partial charge in [-0.2, -0.15) is 0 Å². The van der Waals surface area contributed by atoms with Crippen LogP contribution in [-0.2, 0) is 0 Å². The van der Waals surface area contributed by atoms with Crippen molar-refractivity contribution in [2.24, 2.45) is 5.41 Å². The maximum atomic E-state index is 3.51. The molecule has 0 radical (unpaired) electrons. The molecule has 0 spiro atoms. The second kappa shape index (κ2) is 3.37. The fourth-order valence-electron chi connectivity index (χ4n) is 1.81. The van der Waals surface area contributed by atoms with Crippen molar-refractivity contribution in [3.05, 3.63) is 20.8 Å². The topological polar surface area (TPSA) is 12.0 Å².